The van der Waals surface area contributed by atoms with Crippen LogP contribution in [0.2, 0.25) is 0 Å². The van der Waals surface area contributed by atoms with Crippen LogP contribution in [-0.2, 0) is 0 Å². The van der Waals surface area contributed by atoms with Gasteiger partial charge in [0.25, 0.3) is 0 Å². The van der Waals surface area contributed by atoms with E-state index in [9.17, 15) is 4.79 Å². The van der Waals surface area contributed by atoms with Crippen LogP contribution in [0.3, 0.4) is 0 Å². The number of ether oxygens (including phenoxy) is 1. The smallest absolute Gasteiger partial charge is 0.228 e. The molecule has 0 atom stereocenters. The molecule has 4 rings (SSSR count). The van der Waals surface area contributed by atoms with Gasteiger partial charge < -0.3 is 9.15 Å². The number of methoxy groups -OCH3 is 1. The van der Waals surface area contributed by atoms with E-state index in [0.717, 1.165) is 33.4 Å². The highest BCUT2D eigenvalue weighted by Gasteiger charge is 2.23. The van der Waals surface area contributed by atoms with Crippen LogP contribution in [0.1, 0.15) is 27.2 Å². The lowest BCUT2D eigenvalue weighted by molar-refractivity contribution is 0.101. The summed E-state index contributed by atoms with van der Waals surface area (Å²) >= 11 is 0. The second kappa shape index (κ2) is 6.76. The molecule has 4 aromatic rings. The first kappa shape index (κ1) is 17.1. The number of carbonyl (C=O) groups excluding carboxylic acids is 1. The molecular weight excluding hydrogens is 336 g/mol. The van der Waals surface area contributed by atoms with E-state index in [-0.39, 0.29) is 5.78 Å². The van der Waals surface area contributed by atoms with E-state index in [4.69, 9.17) is 9.15 Å². The van der Waals surface area contributed by atoms with Gasteiger partial charge in [0.05, 0.1) is 7.11 Å². The average molecular weight is 356 g/mol. The zero-order valence-electron chi connectivity index (χ0n) is 15.6. The minimum Gasteiger partial charge on any atom is -0.497 e. The molecule has 0 aliphatic heterocycles. The van der Waals surface area contributed by atoms with Gasteiger partial charge in [-0.25, -0.2) is 0 Å². The molecule has 3 nitrogen and oxygen atoms in total. The van der Waals surface area contributed by atoms with Crippen molar-refractivity contribution < 1.29 is 13.9 Å². The molecule has 0 saturated carbocycles. The van der Waals surface area contributed by atoms with Crippen molar-refractivity contribution in [2.45, 2.75) is 13.8 Å². The van der Waals surface area contributed by atoms with Crippen LogP contribution in [0.15, 0.2) is 71.1 Å². The Morgan fingerprint density at radius 2 is 1.56 bits per heavy atom. The number of aryl methyl sites for hydroxylation is 2. The number of rotatable bonds is 4. The lowest BCUT2D eigenvalue weighted by Gasteiger charge is -2.06. The number of benzene rings is 3. The number of fused-ring (bicyclic) bond motifs is 1. The Morgan fingerprint density at radius 1 is 0.889 bits per heavy atom. The fraction of sp³-hybridized carbons (Fsp3) is 0.125. The summed E-state index contributed by atoms with van der Waals surface area (Å²) in [5.41, 5.74) is 5.20. The first-order valence-electron chi connectivity index (χ1n) is 8.86. The summed E-state index contributed by atoms with van der Waals surface area (Å²) in [6, 6.07) is 21.3. The molecule has 3 heteroatoms. The van der Waals surface area contributed by atoms with Gasteiger partial charge in [0.1, 0.15) is 11.3 Å². The third-order valence-corrected chi connectivity index (χ3v) is 4.66. The fourth-order valence-corrected chi connectivity index (χ4v) is 3.49. The van der Waals surface area contributed by atoms with E-state index in [1.54, 1.807) is 7.11 Å². The quantitative estimate of drug-likeness (QED) is 0.424. The van der Waals surface area contributed by atoms with Crippen molar-refractivity contribution in [3.8, 4) is 16.9 Å². The van der Waals surface area contributed by atoms with Crippen LogP contribution < -0.4 is 4.74 Å². The molecule has 0 radical (unpaired) electrons. The number of furan rings is 1. The zero-order chi connectivity index (χ0) is 19.0. The van der Waals surface area contributed by atoms with E-state index in [1.165, 1.54) is 0 Å². The van der Waals surface area contributed by atoms with E-state index >= 15 is 0 Å². The lowest BCUT2D eigenvalue weighted by Crippen LogP contribution is -2.02. The Bertz CT molecular complexity index is 1110. The number of hydrogen-bond acceptors (Lipinski definition) is 3. The van der Waals surface area contributed by atoms with Crippen molar-refractivity contribution in [2.75, 3.05) is 7.11 Å². The Morgan fingerprint density at radius 3 is 2.22 bits per heavy atom. The average Bonchev–Trinajstić information content (AvgIpc) is 3.06. The molecule has 0 amide bonds. The Hall–Kier alpha value is -3.33. The van der Waals surface area contributed by atoms with Crippen LogP contribution in [0.25, 0.3) is 22.1 Å². The molecule has 0 aliphatic carbocycles. The summed E-state index contributed by atoms with van der Waals surface area (Å²) in [4.78, 5) is 13.3. The van der Waals surface area contributed by atoms with Gasteiger partial charge in [0, 0.05) is 16.5 Å². The van der Waals surface area contributed by atoms with E-state index in [2.05, 4.69) is 6.07 Å². The van der Waals surface area contributed by atoms with Crippen LogP contribution in [0.5, 0.6) is 5.75 Å². The minimum atomic E-state index is -0.108. The predicted molar refractivity (Wildman–Crippen MR) is 108 cm³/mol. The molecule has 0 aliphatic rings. The van der Waals surface area contributed by atoms with Gasteiger partial charge in [-0.15, -0.1) is 0 Å². The highest BCUT2D eigenvalue weighted by molar-refractivity contribution is 6.15. The highest BCUT2D eigenvalue weighted by atomic mass is 16.5. The Kier molecular flexibility index (Phi) is 4.28. The first-order valence-corrected chi connectivity index (χ1v) is 8.86. The maximum Gasteiger partial charge on any atom is 0.228 e. The second-order valence-corrected chi connectivity index (χ2v) is 6.74. The van der Waals surface area contributed by atoms with E-state index in [0.29, 0.717) is 16.9 Å². The largest absolute Gasteiger partial charge is 0.497 e. The molecule has 0 bridgehead atoms. The summed E-state index contributed by atoms with van der Waals surface area (Å²) in [6.07, 6.45) is 0. The summed E-state index contributed by atoms with van der Waals surface area (Å²) in [6.45, 7) is 3.99. The maximum atomic E-state index is 13.3. The van der Waals surface area contributed by atoms with Gasteiger partial charge in [-0.3, -0.25) is 4.79 Å². The van der Waals surface area contributed by atoms with Crippen molar-refractivity contribution in [1.82, 2.24) is 0 Å². The summed E-state index contributed by atoms with van der Waals surface area (Å²) in [7, 11) is 1.64. The standard InChI is InChI=1S/C24H20O3/c1-15-12-16(2)14-18(13-15)23(25)24-22(17-8-10-19(26-3)11-9-17)20-6-4-5-7-21(20)27-24/h4-14H,1-3H3. The van der Waals surface area contributed by atoms with Crippen molar-refractivity contribution in [2.24, 2.45) is 0 Å². The number of para-hydroxylation sites is 1. The number of ketones is 1. The molecule has 0 spiro atoms. The maximum absolute atomic E-state index is 13.3. The fourth-order valence-electron chi connectivity index (χ4n) is 3.49. The van der Waals surface area contributed by atoms with E-state index < -0.39 is 0 Å². The van der Waals surface area contributed by atoms with Gasteiger partial charge in [0.15, 0.2) is 5.76 Å². The second-order valence-electron chi connectivity index (χ2n) is 6.74. The summed E-state index contributed by atoms with van der Waals surface area (Å²) < 4.78 is 11.3. The SMILES string of the molecule is COc1ccc(-c2c(C(=O)c3cc(C)cc(C)c3)oc3ccccc23)cc1. The molecule has 0 N–H and O–H groups in total. The molecule has 0 fully saturated rings. The monoisotopic (exact) mass is 356 g/mol. The topological polar surface area (TPSA) is 39.4 Å². The van der Waals surface area contributed by atoms with Crippen molar-refractivity contribution in [1.29, 1.82) is 0 Å². The van der Waals surface area contributed by atoms with Crippen molar-refractivity contribution in [3.05, 3.63) is 89.2 Å². The van der Waals surface area contributed by atoms with Gasteiger partial charge in [-0.05, 0) is 49.7 Å². The van der Waals surface area contributed by atoms with Gasteiger partial charge in [-0.1, -0.05) is 47.5 Å². The van der Waals surface area contributed by atoms with Crippen LogP contribution in [0.4, 0.5) is 0 Å². The third-order valence-electron chi connectivity index (χ3n) is 4.66. The van der Waals surface area contributed by atoms with Crippen LogP contribution >= 0.6 is 0 Å². The van der Waals surface area contributed by atoms with Crippen molar-refractivity contribution >= 4 is 16.8 Å². The highest BCUT2D eigenvalue weighted by Crippen LogP contribution is 2.36. The molecule has 1 heterocycles. The summed E-state index contributed by atoms with van der Waals surface area (Å²) in [5, 5.41) is 0.926. The molecule has 27 heavy (non-hydrogen) atoms. The van der Waals surface area contributed by atoms with Crippen LogP contribution in [0, 0.1) is 13.8 Å². The third kappa shape index (κ3) is 3.13. The lowest BCUT2D eigenvalue weighted by atomic mass is 9.96. The van der Waals surface area contributed by atoms with Crippen LogP contribution in [-0.4, -0.2) is 12.9 Å². The van der Waals surface area contributed by atoms with E-state index in [1.807, 2.05) is 74.5 Å². The van der Waals surface area contributed by atoms with Gasteiger partial charge in [-0.2, -0.15) is 0 Å². The molecule has 134 valence electrons. The molecule has 0 saturated heterocycles. The Balaban J connectivity index is 1.93. The normalized spacial score (nSPS) is 10.9. The predicted octanol–water partition coefficient (Wildman–Crippen LogP) is 5.96. The zero-order valence-corrected chi connectivity index (χ0v) is 15.6. The number of carbonyl (C=O) groups is 1. The Labute approximate surface area is 158 Å². The molecule has 0 unspecified atom stereocenters. The molecule has 3 aromatic carbocycles. The van der Waals surface area contributed by atoms with Gasteiger partial charge in [0.2, 0.25) is 5.78 Å². The summed E-state index contributed by atoms with van der Waals surface area (Å²) in [5.74, 6) is 1.03. The number of hydrogen-bond donors (Lipinski definition) is 0. The minimum absolute atomic E-state index is 0.108. The first-order chi connectivity index (χ1) is 13.1. The molecule has 1 aromatic heterocycles. The van der Waals surface area contributed by atoms with Gasteiger partial charge >= 0.3 is 0 Å². The van der Waals surface area contributed by atoms with Crippen molar-refractivity contribution in [3.63, 3.8) is 0 Å². The molecular formula is C24H20O3.